The third kappa shape index (κ3) is 6.68. The molecule has 1 aliphatic rings. The lowest BCUT2D eigenvalue weighted by molar-refractivity contribution is -0.121. The Morgan fingerprint density at radius 1 is 1.14 bits per heavy atom. The molecule has 2 heterocycles. The first-order valence-corrected chi connectivity index (χ1v) is 12.3. The van der Waals surface area contributed by atoms with E-state index in [-0.39, 0.29) is 17.8 Å². The van der Waals surface area contributed by atoms with Gasteiger partial charge in [0.1, 0.15) is 0 Å². The van der Waals surface area contributed by atoms with E-state index in [2.05, 4.69) is 20.4 Å². The van der Waals surface area contributed by atoms with E-state index in [9.17, 15) is 9.59 Å². The number of carbonyl (C=O) groups excluding carboxylic acids is 2. The second kappa shape index (κ2) is 12.0. The van der Waals surface area contributed by atoms with Gasteiger partial charge in [0.25, 0.3) is 0 Å². The Bertz CT molecular complexity index is 1140. The number of likely N-dealkylation sites (tertiary alicyclic amines) is 1. The number of nitrogens with one attached hydrogen (secondary N) is 1. The number of hydrogen-bond donors (Lipinski definition) is 1. The van der Waals surface area contributed by atoms with Crippen LogP contribution in [0.25, 0.3) is 11.4 Å². The van der Waals surface area contributed by atoms with Crippen molar-refractivity contribution in [3.63, 3.8) is 0 Å². The van der Waals surface area contributed by atoms with Gasteiger partial charge in [0.15, 0.2) is 0 Å². The summed E-state index contributed by atoms with van der Waals surface area (Å²) in [7, 11) is 0. The molecule has 2 aromatic carbocycles. The van der Waals surface area contributed by atoms with Crippen molar-refractivity contribution in [1.82, 2.24) is 15.0 Å². The van der Waals surface area contributed by atoms with Crippen molar-refractivity contribution in [2.24, 2.45) is 5.92 Å². The Hall–Kier alpha value is -3.23. The summed E-state index contributed by atoms with van der Waals surface area (Å²) >= 11 is 6.22. The Balaban J connectivity index is 1.23. The fourth-order valence-electron chi connectivity index (χ4n) is 3.94. The lowest BCUT2D eigenvalue weighted by atomic mass is 9.96. The van der Waals surface area contributed by atoms with E-state index in [0.29, 0.717) is 41.1 Å². The van der Waals surface area contributed by atoms with E-state index in [4.69, 9.17) is 20.9 Å². The number of esters is 1. The summed E-state index contributed by atoms with van der Waals surface area (Å²) in [4.78, 5) is 31.4. The molecule has 0 bridgehead atoms. The molecule has 1 aromatic heterocycles. The summed E-state index contributed by atoms with van der Waals surface area (Å²) in [5, 5.41) is 7.58. The van der Waals surface area contributed by atoms with Gasteiger partial charge in [-0.05, 0) is 68.8 Å². The van der Waals surface area contributed by atoms with Crippen molar-refractivity contribution in [1.29, 1.82) is 0 Å². The van der Waals surface area contributed by atoms with Gasteiger partial charge >= 0.3 is 5.97 Å². The van der Waals surface area contributed by atoms with Gasteiger partial charge < -0.3 is 14.6 Å². The van der Waals surface area contributed by atoms with Crippen LogP contribution in [0.2, 0.25) is 5.02 Å². The molecular formula is C26H29ClN4O4. The minimum Gasteiger partial charge on any atom is -0.462 e. The number of amides is 1. The minimum atomic E-state index is -0.344. The third-order valence-electron chi connectivity index (χ3n) is 6.02. The summed E-state index contributed by atoms with van der Waals surface area (Å²) in [5.41, 5.74) is 1.88. The maximum absolute atomic E-state index is 12.7. The van der Waals surface area contributed by atoms with Crippen molar-refractivity contribution in [3.05, 3.63) is 65.0 Å². The standard InChI is InChI=1S/C26H29ClN4O4/c1-2-3-16-34-26(33)19-8-10-20(11-9-19)28-25(32)18-12-14-31(15-13-18)17-23-29-24(30-35-23)21-6-4-5-7-22(21)27/h4-11,18H,2-3,12-17H2,1H3,(H,28,32). The summed E-state index contributed by atoms with van der Waals surface area (Å²) in [5.74, 6) is 0.563. The SMILES string of the molecule is CCCCOC(=O)c1ccc(NC(=O)C2CCN(Cc3nc(-c4ccccc4Cl)no3)CC2)cc1. The second-order valence-corrected chi connectivity index (χ2v) is 9.01. The largest absolute Gasteiger partial charge is 0.462 e. The van der Waals surface area contributed by atoms with Crippen molar-refractivity contribution in [2.75, 3.05) is 25.0 Å². The average Bonchev–Trinajstić information content (AvgIpc) is 3.33. The minimum absolute atomic E-state index is 0.0123. The molecule has 1 saturated heterocycles. The predicted molar refractivity (Wildman–Crippen MR) is 133 cm³/mol. The van der Waals surface area contributed by atoms with Crippen LogP contribution in [0.15, 0.2) is 53.1 Å². The average molecular weight is 497 g/mol. The van der Waals surface area contributed by atoms with Gasteiger partial charge in [-0.3, -0.25) is 9.69 Å². The highest BCUT2D eigenvalue weighted by Crippen LogP contribution is 2.26. The van der Waals surface area contributed by atoms with E-state index in [0.717, 1.165) is 44.3 Å². The Kier molecular flexibility index (Phi) is 8.50. The zero-order chi connectivity index (χ0) is 24.6. The second-order valence-electron chi connectivity index (χ2n) is 8.60. The fraction of sp³-hybridized carbons (Fsp3) is 0.385. The van der Waals surface area contributed by atoms with E-state index in [1.807, 2.05) is 25.1 Å². The van der Waals surface area contributed by atoms with Gasteiger partial charge in [0.2, 0.25) is 17.6 Å². The Labute approximate surface area is 209 Å². The molecule has 1 aliphatic heterocycles. The zero-order valence-corrected chi connectivity index (χ0v) is 20.5. The highest BCUT2D eigenvalue weighted by atomic mass is 35.5. The van der Waals surface area contributed by atoms with E-state index < -0.39 is 0 Å². The van der Waals surface area contributed by atoms with Crippen LogP contribution in [0.1, 0.15) is 48.9 Å². The quantitative estimate of drug-likeness (QED) is 0.321. The molecule has 1 N–H and O–H groups in total. The number of hydrogen-bond acceptors (Lipinski definition) is 7. The molecule has 0 saturated carbocycles. The summed E-state index contributed by atoms with van der Waals surface area (Å²) in [6.07, 6.45) is 3.29. The molecule has 3 aromatic rings. The van der Waals surface area contributed by atoms with Crippen molar-refractivity contribution in [3.8, 4) is 11.4 Å². The molecule has 0 aliphatic carbocycles. The summed E-state index contributed by atoms with van der Waals surface area (Å²) < 4.78 is 10.6. The topological polar surface area (TPSA) is 97.6 Å². The lowest BCUT2D eigenvalue weighted by Crippen LogP contribution is -2.37. The number of anilines is 1. The Morgan fingerprint density at radius 3 is 2.60 bits per heavy atom. The van der Waals surface area contributed by atoms with E-state index >= 15 is 0 Å². The van der Waals surface area contributed by atoms with Gasteiger partial charge in [-0.25, -0.2) is 4.79 Å². The van der Waals surface area contributed by atoms with E-state index in [1.165, 1.54) is 0 Å². The number of carbonyl (C=O) groups is 2. The highest BCUT2D eigenvalue weighted by Gasteiger charge is 2.26. The molecule has 0 radical (unpaired) electrons. The summed E-state index contributed by atoms with van der Waals surface area (Å²) in [6, 6.07) is 14.2. The molecule has 0 atom stereocenters. The number of ether oxygens (including phenoxy) is 1. The maximum atomic E-state index is 12.7. The zero-order valence-electron chi connectivity index (χ0n) is 19.7. The molecule has 1 fully saturated rings. The first-order chi connectivity index (χ1) is 17.0. The smallest absolute Gasteiger partial charge is 0.338 e. The predicted octanol–water partition coefficient (Wildman–Crippen LogP) is 5.20. The number of benzene rings is 2. The molecule has 184 valence electrons. The third-order valence-corrected chi connectivity index (χ3v) is 6.35. The first-order valence-electron chi connectivity index (χ1n) is 11.9. The Morgan fingerprint density at radius 2 is 1.89 bits per heavy atom. The molecule has 9 heteroatoms. The van der Waals surface area contributed by atoms with Gasteiger partial charge in [-0.1, -0.05) is 42.2 Å². The fourth-order valence-corrected chi connectivity index (χ4v) is 4.16. The number of halogens is 1. The van der Waals surface area contributed by atoms with Crippen LogP contribution >= 0.6 is 11.6 Å². The number of piperidine rings is 1. The van der Waals surface area contributed by atoms with E-state index in [1.54, 1.807) is 30.3 Å². The van der Waals surface area contributed by atoms with Crippen LogP contribution < -0.4 is 5.32 Å². The van der Waals surface area contributed by atoms with Crippen molar-refractivity contribution >= 4 is 29.2 Å². The van der Waals surface area contributed by atoms with Crippen LogP contribution in [0.5, 0.6) is 0 Å². The highest BCUT2D eigenvalue weighted by molar-refractivity contribution is 6.33. The maximum Gasteiger partial charge on any atom is 0.338 e. The van der Waals surface area contributed by atoms with Gasteiger partial charge in [0.05, 0.1) is 23.7 Å². The normalized spacial score (nSPS) is 14.6. The summed E-state index contributed by atoms with van der Waals surface area (Å²) in [6.45, 7) is 4.50. The van der Waals surface area contributed by atoms with Gasteiger partial charge in [-0.15, -0.1) is 0 Å². The lowest BCUT2D eigenvalue weighted by Gasteiger charge is -2.30. The number of rotatable bonds is 9. The molecular weight excluding hydrogens is 468 g/mol. The van der Waals surface area contributed by atoms with Crippen molar-refractivity contribution in [2.45, 2.75) is 39.2 Å². The number of unbranched alkanes of at least 4 members (excludes halogenated alkanes) is 1. The van der Waals surface area contributed by atoms with Gasteiger partial charge in [0, 0.05) is 17.2 Å². The number of nitrogens with zero attached hydrogens (tertiary/aromatic N) is 3. The molecule has 0 unspecified atom stereocenters. The molecule has 8 nitrogen and oxygen atoms in total. The van der Waals surface area contributed by atoms with Crippen LogP contribution in [0, 0.1) is 5.92 Å². The molecule has 1 amide bonds. The van der Waals surface area contributed by atoms with Crippen LogP contribution in [0.3, 0.4) is 0 Å². The van der Waals surface area contributed by atoms with Crippen LogP contribution in [-0.4, -0.2) is 46.6 Å². The van der Waals surface area contributed by atoms with Crippen LogP contribution in [-0.2, 0) is 16.1 Å². The molecule has 0 spiro atoms. The first kappa shape index (κ1) is 24.9. The van der Waals surface area contributed by atoms with Crippen molar-refractivity contribution < 1.29 is 18.8 Å². The molecule has 4 rings (SSSR count). The number of aromatic nitrogens is 2. The van der Waals surface area contributed by atoms with Crippen LogP contribution in [0.4, 0.5) is 5.69 Å². The molecule has 35 heavy (non-hydrogen) atoms. The van der Waals surface area contributed by atoms with Gasteiger partial charge in [-0.2, -0.15) is 4.98 Å². The monoisotopic (exact) mass is 496 g/mol.